The number of ether oxygens (including phenoxy) is 3. The van der Waals surface area contributed by atoms with Crippen LogP contribution in [-0.4, -0.2) is 38.8 Å². The van der Waals surface area contributed by atoms with Crippen LogP contribution < -0.4 is 10.1 Å². The van der Waals surface area contributed by atoms with Crippen molar-refractivity contribution in [3.63, 3.8) is 0 Å². The van der Waals surface area contributed by atoms with Crippen molar-refractivity contribution in [2.75, 3.05) is 26.9 Å². The third kappa shape index (κ3) is 6.28. The van der Waals surface area contributed by atoms with Crippen molar-refractivity contribution in [2.24, 2.45) is 5.92 Å². The van der Waals surface area contributed by atoms with E-state index in [1.807, 2.05) is 43.3 Å². The molecule has 0 bridgehead atoms. The Hall–Kier alpha value is -2.86. The molecular weight excluding hydrogens is 454 g/mol. The molecule has 1 aliphatic heterocycles. The van der Waals surface area contributed by atoms with Crippen LogP contribution in [0.3, 0.4) is 0 Å². The molecule has 6 nitrogen and oxygen atoms in total. The van der Waals surface area contributed by atoms with E-state index in [1.165, 1.54) is 39.2 Å². The van der Waals surface area contributed by atoms with Gasteiger partial charge in [-0.05, 0) is 67.5 Å². The lowest BCUT2D eigenvalue weighted by Gasteiger charge is -2.37. The van der Waals surface area contributed by atoms with E-state index in [4.69, 9.17) is 14.2 Å². The van der Waals surface area contributed by atoms with E-state index in [9.17, 15) is 9.59 Å². The molecule has 2 aromatic carbocycles. The second-order valence-corrected chi connectivity index (χ2v) is 10.2. The fraction of sp³-hybridized carbons (Fsp3) is 0.533. The summed E-state index contributed by atoms with van der Waals surface area (Å²) in [4.78, 5) is 25.5. The molecule has 1 atom stereocenters. The normalized spacial score (nSPS) is 18.7. The first kappa shape index (κ1) is 26.2. The van der Waals surface area contributed by atoms with Crippen LogP contribution in [0.2, 0.25) is 0 Å². The molecule has 1 aliphatic carbocycles. The van der Waals surface area contributed by atoms with Gasteiger partial charge in [0.05, 0.1) is 30.7 Å². The molecule has 1 saturated carbocycles. The lowest BCUT2D eigenvalue weighted by atomic mass is 9.73. The molecular formula is C30H39NO5. The maximum Gasteiger partial charge on any atom is 0.337 e. The highest BCUT2D eigenvalue weighted by atomic mass is 16.5. The van der Waals surface area contributed by atoms with Gasteiger partial charge in [-0.25, -0.2) is 4.79 Å². The van der Waals surface area contributed by atoms with Crippen molar-refractivity contribution >= 4 is 11.9 Å². The average Bonchev–Trinajstić information content (AvgIpc) is 2.93. The topological polar surface area (TPSA) is 73.9 Å². The van der Waals surface area contributed by atoms with Crippen molar-refractivity contribution in [3.05, 3.63) is 65.2 Å². The summed E-state index contributed by atoms with van der Waals surface area (Å²) in [7, 11) is 1.36. The number of esters is 1. The van der Waals surface area contributed by atoms with Gasteiger partial charge in [0.2, 0.25) is 5.91 Å². The second kappa shape index (κ2) is 12.4. The van der Waals surface area contributed by atoms with Crippen LogP contribution in [0, 0.1) is 5.92 Å². The average molecular weight is 494 g/mol. The molecule has 2 fully saturated rings. The third-order valence-corrected chi connectivity index (χ3v) is 7.87. The van der Waals surface area contributed by atoms with Crippen molar-refractivity contribution in [2.45, 2.75) is 69.7 Å². The molecule has 36 heavy (non-hydrogen) atoms. The molecule has 6 heteroatoms. The Morgan fingerprint density at radius 2 is 1.78 bits per heavy atom. The van der Waals surface area contributed by atoms with E-state index >= 15 is 0 Å². The molecule has 1 saturated heterocycles. The van der Waals surface area contributed by atoms with Gasteiger partial charge >= 0.3 is 5.97 Å². The van der Waals surface area contributed by atoms with Gasteiger partial charge in [-0.3, -0.25) is 4.79 Å². The van der Waals surface area contributed by atoms with E-state index in [0.29, 0.717) is 31.6 Å². The smallest absolute Gasteiger partial charge is 0.337 e. The molecule has 2 aromatic rings. The molecule has 1 N–H and O–H groups in total. The minimum atomic E-state index is -0.665. The maximum atomic E-state index is 13.8. The number of amides is 1. The summed E-state index contributed by atoms with van der Waals surface area (Å²) in [5.74, 6) is 1.22. The third-order valence-electron chi connectivity index (χ3n) is 7.87. The molecule has 0 spiro atoms. The van der Waals surface area contributed by atoms with Crippen LogP contribution in [-0.2, 0) is 19.7 Å². The highest BCUT2D eigenvalue weighted by Crippen LogP contribution is 2.37. The standard InChI is InChI=1S/C30H39NO5/c1-22(24-11-13-25(14-12-24)28(32)34-2)31-29(33)30(16-19-35-20-17-30)26-9-6-10-27(21-26)36-18-15-23-7-4-3-5-8-23/h6,9-14,21-23H,3-5,7-8,15-20H2,1-2H3,(H,31,33)/t22-/m0/s1. The molecule has 0 aromatic heterocycles. The monoisotopic (exact) mass is 493 g/mol. The summed E-state index contributed by atoms with van der Waals surface area (Å²) in [6.45, 7) is 3.77. The minimum Gasteiger partial charge on any atom is -0.494 e. The highest BCUT2D eigenvalue weighted by Gasteiger charge is 2.42. The van der Waals surface area contributed by atoms with Gasteiger partial charge in [0.15, 0.2) is 0 Å². The van der Waals surface area contributed by atoms with Crippen LogP contribution >= 0.6 is 0 Å². The van der Waals surface area contributed by atoms with Crippen LogP contribution in [0.15, 0.2) is 48.5 Å². The lowest BCUT2D eigenvalue weighted by molar-refractivity contribution is -0.131. The Morgan fingerprint density at radius 1 is 1.06 bits per heavy atom. The van der Waals surface area contributed by atoms with Crippen LogP contribution in [0.5, 0.6) is 5.75 Å². The zero-order valence-electron chi connectivity index (χ0n) is 21.6. The first-order valence-electron chi connectivity index (χ1n) is 13.3. The zero-order valence-corrected chi connectivity index (χ0v) is 21.6. The number of nitrogens with one attached hydrogen (secondary N) is 1. The molecule has 0 unspecified atom stereocenters. The van der Waals surface area contributed by atoms with Crippen LogP contribution in [0.4, 0.5) is 0 Å². The Labute approximate surface area is 214 Å². The van der Waals surface area contributed by atoms with Gasteiger partial charge in [-0.2, -0.15) is 0 Å². The maximum absolute atomic E-state index is 13.8. The van der Waals surface area contributed by atoms with Crippen molar-refractivity contribution in [1.82, 2.24) is 5.32 Å². The van der Waals surface area contributed by atoms with E-state index in [1.54, 1.807) is 12.1 Å². The summed E-state index contributed by atoms with van der Waals surface area (Å²) in [5, 5.41) is 3.22. The SMILES string of the molecule is COC(=O)c1ccc([C@H](C)NC(=O)C2(c3cccc(OCCC4CCCCC4)c3)CCOCC2)cc1. The van der Waals surface area contributed by atoms with Crippen molar-refractivity contribution in [1.29, 1.82) is 0 Å². The predicted molar refractivity (Wildman–Crippen MR) is 139 cm³/mol. The predicted octanol–water partition coefficient (Wildman–Crippen LogP) is 5.75. The van der Waals surface area contributed by atoms with Gasteiger partial charge in [0.1, 0.15) is 5.75 Å². The fourth-order valence-electron chi connectivity index (χ4n) is 5.51. The summed E-state index contributed by atoms with van der Waals surface area (Å²) in [6, 6.07) is 15.0. The van der Waals surface area contributed by atoms with Gasteiger partial charge in [-0.15, -0.1) is 0 Å². The Kier molecular flexibility index (Phi) is 9.03. The molecule has 1 amide bonds. The molecule has 2 aliphatic rings. The summed E-state index contributed by atoms with van der Waals surface area (Å²) < 4.78 is 16.6. The number of carbonyl (C=O) groups is 2. The summed E-state index contributed by atoms with van der Waals surface area (Å²) in [6.07, 6.45) is 9.02. The van der Waals surface area contributed by atoms with Gasteiger partial charge < -0.3 is 19.5 Å². The fourth-order valence-corrected chi connectivity index (χ4v) is 5.51. The second-order valence-electron chi connectivity index (χ2n) is 10.2. The van der Waals surface area contributed by atoms with Crippen molar-refractivity contribution in [3.8, 4) is 5.75 Å². The highest BCUT2D eigenvalue weighted by molar-refractivity contribution is 5.90. The van der Waals surface area contributed by atoms with Gasteiger partial charge in [0.25, 0.3) is 0 Å². The molecule has 4 rings (SSSR count). The quantitative estimate of drug-likeness (QED) is 0.451. The van der Waals surface area contributed by atoms with Gasteiger partial charge in [-0.1, -0.05) is 56.4 Å². The lowest BCUT2D eigenvalue weighted by Crippen LogP contribution is -2.48. The van der Waals surface area contributed by atoms with Crippen LogP contribution in [0.25, 0.3) is 0 Å². The minimum absolute atomic E-state index is 0.00491. The van der Waals surface area contributed by atoms with E-state index in [2.05, 4.69) is 5.32 Å². The summed E-state index contributed by atoms with van der Waals surface area (Å²) in [5.41, 5.74) is 1.73. The summed E-state index contributed by atoms with van der Waals surface area (Å²) >= 11 is 0. The Morgan fingerprint density at radius 3 is 2.47 bits per heavy atom. The zero-order chi connectivity index (χ0) is 25.4. The number of methoxy groups -OCH3 is 1. The number of benzene rings is 2. The number of hydrogen-bond acceptors (Lipinski definition) is 5. The van der Waals surface area contributed by atoms with Crippen molar-refractivity contribution < 1.29 is 23.8 Å². The largest absolute Gasteiger partial charge is 0.494 e. The Balaban J connectivity index is 1.45. The van der Waals surface area contributed by atoms with E-state index in [-0.39, 0.29) is 17.9 Å². The Bertz CT molecular complexity index is 1010. The number of carbonyl (C=O) groups excluding carboxylic acids is 2. The van der Waals surface area contributed by atoms with Gasteiger partial charge in [0, 0.05) is 13.2 Å². The van der Waals surface area contributed by atoms with E-state index in [0.717, 1.165) is 35.8 Å². The van der Waals surface area contributed by atoms with Crippen LogP contribution in [0.1, 0.15) is 85.8 Å². The number of hydrogen-bond donors (Lipinski definition) is 1. The molecule has 0 radical (unpaired) electrons. The molecule has 1 heterocycles. The first-order valence-corrected chi connectivity index (χ1v) is 13.3. The number of rotatable bonds is 9. The molecule has 194 valence electrons. The first-order chi connectivity index (χ1) is 17.5. The van der Waals surface area contributed by atoms with E-state index < -0.39 is 5.41 Å².